The molecule has 0 saturated heterocycles. The summed E-state index contributed by atoms with van der Waals surface area (Å²) in [5.74, 6) is -0.210. The summed E-state index contributed by atoms with van der Waals surface area (Å²) in [5.41, 5.74) is 2.55. The van der Waals surface area contributed by atoms with Crippen LogP contribution in [-0.2, 0) is 7.05 Å². The Bertz CT molecular complexity index is 1050. The van der Waals surface area contributed by atoms with Crippen molar-refractivity contribution < 1.29 is 4.79 Å². The molecule has 3 rings (SSSR count). The number of nitriles is 1. The highest BCUT2D eigenvalue weighted by Gasteiger charge is 2.16. The predicted octanol–water partition coefficient (Wildman–Crippen LogP) is 5.02. The van der Waals surface area contributed by atoms with Crippen LogP contribution in [0, 0.1) is 11.3 Å². The van der Waals surface area contributed by atoms with Crippen molar-refractivity contribution in [2.24, 2.45) is 7.05 Å². The number of carbonyl (C=O) groups excluding carboxylic acids is 1. The van der Waals surface area contributed by atoms with Gasteiger partial charge in [0.25, 0.3) is 0 Å². The fourth-order valence-electron chi connectivity index (χ4n) is 2.51. The summed E-state index contributed by atoms with van der Waals surface area (Å²) in [5, 5.41) is 10.2. The second-order valence-corrected chi connectivity index (χ2v) is 6.45. The first-order valence-corrected chi connectivity index (χ1v) is 8.44. The van der Waals surface area contributed by atoms with Crippen LogP contribution in [0.2, 0.25) is 10.0 Å². The maximum Gasteiger partial charge on any atom is 0.196 e. The van der Waals surface area contributed by atoms with Gasteiger partial charge in [-0.3, -0.25) is 9.78 Å². The molecule has 0 aliphatic rings. The van der Waals surface area contributed by atoms with Gasteiger partial charge in [-0.15, -0.1) is 0 Å². The average molecular weight is 382 g/mol. The van der Waals surface area contributed by atoms with Crippen molar-refractivity contribution in [3.63, 3.8) is 0 Å². The van der Waals surface area contributed by atoms with Crippen molar-refractivity contribution in [1.29, 1.82) is 5.26 Å². The van der Waals surface area contributed by atoms with Gasteiger partial charge in [0.2, 0.25) is 0 Å². The monoisotopic (exact) mass is 381 g/mol. The van der Waals surface area contributed by atoms with E-state index in [1.165, 1.54) is 6.07 Å². The van der Waals surface area contributed by atoms with Crippen LogP contribution in [0.15, 0.2) is 54.9 Å². The predicted molar refractivity (Wildman–Crippen MR) is 103 cm³/mol. The molecular weight excluding hydrogens is 369 g/mol. The van der Waals surface area contributed by atoms with E-state index in [1.54, 1.807) is 60.4 Å². The topological polar surface area (TPSA) is 58.7 Å². The number of carbonyl (C=O) groups is 1. The molecule has 0 spiro atoms. The Kier molecular flexibility index (Phi) is 5.22. The molecule has 0 aliphatic carbocycles. The molecule has 4 nitrogen and oxygen atoms in total. The highest BCUT2D eigenvalue weighted by atomic mass is 35.5. The summed E-state index contributed by atoms with van der Waals surface area (Å²) < 4.78 is 1.78. The summed E-state index contributed by atoms with van der Waals surface area (Å²) in [7, 11) is 1.81. The van der Waals surface area contributed by atoms with Crippen LogP contribution in [0.4, 0.5) is 0 Å². The highest BCUT2D eigenvalue weighted by molar-refractivity contribution is 6.37. The van der Waals surface area contributed by atoms with E-state index >= 15 is 0 Å². The van der Waals surface area contributed by atoms with Gasteiger partial charge in [0, 0.05) is 41.3 Å². The summed E-state index contributed by atoms with van der Waals surface area (Å²) in [6.45, 7) is 0. The van der Waals surface area contributed by atoms with E-state index in [2.05, 4.69) is 11.1 Å². The second kappa shape index (κ2) is 7.57. The third-order valence-corrected chi connectivity index (χ3v) is 4.38. The van der Waals surface area contributed by atoms with E-state index < -0.39 is 0 Å². The SMILES string of the molecule is Cn1cc(C(=O)c2ccc(Cl)cc2Cl)cc1/C=C(\C#N)c1ccccn1. The van der Waals surface area contributed by atoms with Crippen LogP contribution in [0.5, 0.6) is 0 Å². The molecule has 0 radical (unpaired) electrons. The lowest BCUT2D eigenvalue weighted by molar-refractivity contribution is 0.103. The van der Waals surface area contributed by atoms with Gasteiger partial charge in [0.15, 0.2) is 5.78 Å². The maximum absolute atomic E-state index is 12.7. The number of rotatable bonds is 4. The smallest absolute Gasteiger partial charge is 0.196 e. The minimum absolute atomic E-state index is 0.210. The summed E-state index contributed by atoms with van der Waals surface area (Å²) >= 11 is 12.0. The average Bonchev–Trinajstić information content (AvgIpc) is 3.00. The van der Waals surface area contributed by atoms with Gasteiger partial charge >= 0.3 is 0 Å². The number of ketones is 1. The quantitative estimate of drug-likeness (QED) is 0.470. The molecule has 6 heteroatoms. The van der Waals surface area contributed by atoms with Gasteiger partial charge in [-0.2, -0.15) is 5.26 Å². The first-order chi connectivity index (χ1) is 12.5. The van der Waals surface area contributed by atoms with Crippen LogP contribution in [0.25, 0.3) is 11.6 Å². The zero-order chi connectivity index (χ0) is 18.7. The van der Waals surface area contributed by atoms with Crippen molar-refractivity contribution in [2.45, 2.75) is 0 Å². The van der Waals surface area contributed by atoms with Crippen molar-refractivity contribution in [1.82, 2.24) is 9.55 Å². The van der Waals surface area contributed by atoms with Crippen molar-refractivity contribution in [3.8, 4) is 6.07 Å². The Balaban J connectivity index is 1.98. The lowest BCUT2D eigenvalue weighted by Crippen LogP contribution is -2.00. The minimum atomic E-state index is -0.210. The second-order valence-electron chi connectivity index (χ2n) is 5.60. The van der Waals surface area contributed by atoms with Crippen LogP contribution in [0.1, 0.15) is 27.3 Å². The van der Waals surface area contributed by atoms with Crippen LogP contribution in [-0.4, -0.2) is 15.3 Å². The van der Waals surface area contributed by atoms with Gasteiger partial charge in [0.05, 0.1) is 16.3 Å². The van der Waals surface area contributed by atoms with E-state index in [0.29, 0.717) is 38.1 Å². The molecule has 0 atom stereocenters. The molecule has 0 unspecified atom stereocenters. The van der Waals surface area contributed by atoms with Gasteiger partial charge in [-0.05, 0) is 42.5 Å². The molecule has 2 aromatic heterocycles. The van der Waals surface area contributed by atoms with Crippen LogP contribution >= 0.6 is 23.2 Å². The van der Waals surface area contributed by atoms with E-state index in [-0.39, 0.29) is 5.78 Å². The van der Waals surface area contributed by atoms with Gasteiger partial charge in [0.1, 0.15) is 6.07 Å². The first kappa shape index (κ1) is 17.9. The maximum atomic E-state index is 12.7. The standard InChI is InChI=1S/C20H13Cl2N3O/c1-25-12-14(20(26)17-6-5-15(21)10-18(17)22)9-16(25)8-13(11-23)19-4-2-3-7-24-19/h2-10,12H,1H3/b13-8+. The molecule has 1 aromatic carbocycles. The number of allylic oxidation sites excluding steroid dienone is 1. The van der Waals surface area contributed by atoms with Crippen LogP contribution < -0.4 is 0 Å². The Labute approximate surface area is 160 Å². The Morgan fingerprint density at radius 1 is 1.23 bits per heavy atom. The molecule has 0 fully saturated rings. The Morgan fingerprint density at radius 3 is 2.69 bits per heavy atom. The number of aromatic nitrogens is 2. The molecule has 0 N–H and O–H groups in total. The van der Waals surface area contributed by atoms with Crippen molar-refractivity contribution in [2.75, 3.05) is 0 Å². The zero-order valence-electron chi connectivity index (χ0n) is 13.8. The van der Waals surface area contributed by atoms with E-state index in [1.807, 2.05) is 6.07 Å². The Hall–Kier alpha value is -2.87. The summed E-state index contributed by atoms with van der Waals surface area (Å²) in [6, 6.07) is 14.0. The highest BCUT2D eigenvalue weighted by Crippen LogP contribution is 2.25. The van der Waals surface area contributed by atoms with Gasteiger partial charge in [-0.25, -0.2) is 0 Å². The number of hydrogen-bond donors (Lipinski definition) is 0. The molecule has 26 heavy (non-hydrogen) atoms. The van der Waals surface area contributed by atoms with E-state index in [0.717, 1.165) is 0 Å². The Morgan fingerprint density at radius 2 is 2.04 bits per heavy atom. The summed E-state index contributed by atoms with van der Waals surface area (Å²) in [4.78, 5) is 16.9. The molecule has 0 amide bonds. The number of halogens is 2. The zero-order valence-corrected chi connectivity index (χ0v) is 15.3. The number of benzene rings is 1. The molecule has 0 saturated carbocycles. The molecular formula is C20H13Cl2N3O. The molecule has 128 valence electrons. The van der Waals surface area contributed by atoms with Crippen molar-refractivity contribution in [3.05, 3.63) is 87.4 Å². The fraction of sp³-hybridized carbons (Fsp3) is 0.0500. The lowest BCUT2D eigenvalue weighted by Gasteiger charge is -2.02. The third-order valence-electron chi connectivity index (χ3n) is 3.83. The fourth-order valence-corrected chi connectivity index (χ4v) is 3.01. The minimum Gasteiger partial charge on any atom is -0.350 e. The largest absolute Gasteiger partial charge is 0.350 e. The van der Waals surface area contributed by atoms with Gasteiger partial charge < -0.3 is 4.57 Å². The van der Waals surface area contributed by atoms with Gasteiger partial charge in [-0.1, -0.05) is 29.3 Å². The van der Waals surface area contributed by atoms with E-state index in [9.17, 15) is 10.1 Å². The number of aryl methyl sites for hydroxylation is 1. The molecule has 0 aliphatic heterocycles. The molecule has 0 bridgehead atoms. The molecule has 2 heterocycles. The number of pyridine rings is 1. The van der Waals surface area contributed by atoms with Crippen molar-refractivity contribution >= 4 is 40.6 Å². The summed E-state index contributed by atoms with van der Waals surface area (Å²) in [6.07, 6.45) is 5.03. The van der Waals surface area contributed by atoms with Crippen LogP contribution in [0.3, 0.4) is 0 Å². The first-order valence-electron chi connectivity index (χ1n) is 7.69. The molecule has 3 aromatic rings. The number of nitrogens with zero attached hydrogens (tertiary/aromatic N) is 3. The third kappa shape index (κ3) is 3.70. The lowest BCUT2D eigenvalue weighted by atomic mass is 10.1. The van der Waals surface area contributed by atoms with E-state index in [4.69, 9.17) is 23.2 Å². The number of hydrogen-bond acceptors (Lipinski definition) is 3. The normalized spacial score (nSPS) is 11.2.